The summed E-state index contributed by atoms with van der Waals surface area (Å²) in [4.78, 5) is 41.5. The van der Waals surface area contributed by atoms with Gasteiger partial charge in [0.15, 0.2) is 0 Å². The third-order valence-electron chi connectivity index (χ3n) is 6.11. The molecule has 0 saturated carbocycles. The van der Waals surface area contributed by atoms with Gasteiger partial charge in [-0.05, 0) is 47.2 Å². The summed E-state index contributed by atoms with van der Waals surface area (Å²) in [6, 6.07) is 20.6. The molecular formula is C29H26N2O5. The summed E-state index contributed by atoms with van der Waals surface area (Å²) in [5.74, 6) is -2.06. The average Bonchev–Trinajstić information content (AvgIpc) is 2.89. The molecule has 7 nitrogen and oxygen atoms in total. The van der Waals surface area contributed by atoms with Crippen LogP contribution in [0.15, 0.2) is 83.9 Å². The van der Waals surface area contributed by atoms with E-state index in [-0.39, 0.29) is 23.2 Å². The van der Waals surface area contributed by atoms with Gasteiger partial charge in [-0.1, -0.05) is 74.0 Å². The van der Waals surface area contributed by atoms with Gasteiger partial charge in [0.25, 0.3) is 5.56 Å². The lowest BCUT2D eigenvalue weighted by Crippen LogP contribution is -2.25. The van der Waals surface area contributed by atoms with Crippen LogP contribution in [0.2, 0.25) is 0 Å². The van der Waals surface area contributed by atoms with Crippen molar-refractivity contribution in [2.45, 2.75) is 32.7 Å². The second kappa shape index (κ2) is 10.8. The predicted molar refractivity (Wildman–Crippen MR) is 137 cm³/mol. The largest absolute Gasteiger partial charge is 0.478 e. The Morgan fingerprint density at radius 1 is 0.833 bits per heavy atom. The van der Waals surface area contributed by atoms with Crippen LogP contribution < -0.4 is 5.56 Å². The van der Waals surface area contributed by atoms with E-state index in [1.807, 2.05) is 0 Å². The van der Waals surface area contributed by atoms with Crippen molar-refractivity contribution >= 4 is 11.9 Å². The summed E-state index contributed by atoms with van der Waals surface area (Å²) in [6.07, 6.45) is 3.93. The topological polar surface area (TPSA) is 109 Å². The molecule has 0 unspecified atom stereocenters. The molecule has 0 bridgehead atoms. The van der Waals surface area contributed by atoms with Crippen LogP contribution in [0.1, 0.15) is 51.7 Å². The summed E-state index contributed by atoms with van der Waals surface area (Å²) in [5, 5.41) is 19.1. The molecular weight excluding hydrogens is 456 g/mol. The second-order valence-corrected chi connectivity index (χ2v) is 8.49. The molecule has 0 saturated heterocycles. The number of hydrogen-bond acceptors (Lipinski definition) is 4. The van der Waals surface area contributed by atoms with Gasteiger partial charge in [0.05, 0.1) is 35.3 Å². The van der Waals surface area contributed by atoms with Crippen LogP contribution in [0.5, 0.6) is 0 Å². The Hall–Kier alpha value is -4.52. The molecule has 0 spiro atoms. The van der Waals surface area contributed by atoms with E-state index in [0.717, 1.165) is 18.4 Å². The molecule has 0 aliphatic carbocycles. The van der Waals surface area contributed by atoms with E-state index >= 15 is 0 Å². The zero-order valence-electron chi connectivity index (χ0n) is 19.8. The maximum atomic E-state index is 13.6. The molecule has 36 heavy (non-hydrogen) atoms. The zero-order chi connectivity index (χ0) is 25.7. The molecule has 182 valence electrons. The number of benzene rings is 3. The van der Waals surface area contributed by atoms with E-state index in [0.29, 0.717) is 34.4 Å². The van der Waals surface area contributed by atoms with Crippen LogP contribution in [-0.4, -0.2) is 31.7 Å². The van der Waals surface area contributed by atoms with Crippen LogP contribution in [0, 0.1) is 0 Å². The van der Waals surface area contributed by atoms with Crippen molar-refractivity contribution in [1.82, 2.24) is 9.55 Å². The van der Waals surface area contributed by atoms with E-state index < -0.39 is 11.9 Å². The Morgan fingerprint density at radius 3 is 2.11 bits per heavy atom. The molecule has 3 aromatic carbocycles. The normalized spacial score (nSPS) is 10.8. The summed E-state index contributed by atoms with van der Waals surface area (Å²) in [5.41, 5.74) is 3.76. The van der Waals surface area contributed by atoms with Crippen LogP contribution in [0.3, 0.4) is 0 Å². The predicted octanol–water partition coefficient (Wildman–Crippen LogP) is 5.36. The van der Waals surface area contributed by atoms with Crippen molar-refractivity contribution in [3.63, 3.8) is 0 Å². The van der Waals surface area contributed by atoms with Crippen molar-refractivity contribution in [3.8, 4) is 22.3 Å². The highest BCUT2D eigenvalue weighted by molar-refractivity contribution is 5.96. The number of aryl methyl sites for hydroxylation is 1. The Bertz CT molecular complexity index is 1470. The lowest BCUT2D eigenvalue weighted by atomic mass is 9.96. The van der Waals surface area contributed by atoms with Gasteiger partial charge in [-0.3, -0.25) is 9.36 Å². The van der Waals surface area contributed by atoms with Crippen molar-refractivity contribution < 1.29 is 19.8 Å². The second-order valence-electron chi connectivity index (χ2n) is 8.49. The third kappa shape index (κ3) is 5.10. The number of carboxylic acids is 2. The summed E-state index contributed by atoms with van der Waals surface area (Å²) < 4.78 is 1.43. The SMILES string of the molecule is CCCCc1ncn(Cc2ccccc2C(=O)O)c(=O)c1-c1ccc(-c2ccccc2C(=O)O)cc1. The smallest absolute Gasteiger partial charge is 0.336 e. The molecule has 4 rings (SSSR count). The van der Waals surface area contributed by atoms with Gasteiger partial charge >= 0.3 is 11.9 Å². The lowest BCUT2D eigenvalue weighted by molar-refractivity contribution is 0.0685. The van der Waals surface area contributed by atoms with E-state index in [1.165, 1.54) is 17.0 Å². The summed E-state index contributed by atoms with van der Waals surface area (Å²) in [6.45, 7) is 2.15. The fourth-order valence-electron chi connectivity index (χ4n) is 4.25. The summed E-state index contributed by atoms with van der Waals surface area (Å²) >= 11 is 0. The molecule has 0 amide bonds. The van der Waals surface area contributed by atoms with E-state index in [2.05, 4.69) is 11.9 Å². The number of aromatic nitrogens is 2. The molecule has 0 aliphatic heterocycles. The fourth-order valence-corrected chi connectivity index (χ4v) is 4.25. The Labute approximate surface area is 208 Å². The van der Waals surface area contributed by atoms with Gasteiger partial charge < -0.3 is 10.2 Å². The fraction of sp³-hybridized carbons (Fsp3) is 0.172. The van der Waals surface area contributed by atoms with Gasteiger partial charge in [-0.25, -0.2) is 14.6 Å². The number of carbonyl (C=O) groups is 2. The van der Waals surface area contributed by atoms with E-state index in [1.54, 1.807) is 66.7 Å². The number of rotatable bonds is 9. The molecule has 0 aliphatic rings. The van der Waals surface area contributed by atoms with E-state index in [9.17, 15) is 24.6 Å². The number of hydrogen-bond donors (Lipinski definition) is 2. The van der Waals surface area contributed by atoms with Crippen molar-refractivity contribution in [2.24, 2.45) is 0 Å². The minimum atomic E-state index is -1.05. The van der Waals surface area contributed by atoms with Crippen molar-refractivity contribution in [3.05, 3.63) is 112 Å². The maximum absolute atomic E-state index is 13.6. The monoisotopic (exact) mass is 482 g/mol. The van der Waals surface area contributed by atoms with E-state index in [4.69, 9.17) is 0 Å². The van der Waals surface area contributed by atoms with Crippen LogP contribution in [0.4, 0.5) is 0 Å². The van der Waals surface area contributed by atoms with Gasteiger partial charge in [0.2, 0.25) is 0 Å². The Balaban J connectivity index is 1.78. The Kier molecular flexibility index (Phi) is 7.39. The van der Waals surface area contributed by atoms with Gasteiger partial charge in [-0.15, -0.1) is 0 Å². The van der Waals surface area contributed by atoms with Crippen molar-refractivity contribution in [2.75, 3.05) is 0 Å². The number of unbranched alkanes of at least 4 members (excludes halogenated alkanes) is 1. The third-order valence-corrected chi connectivity index (χ3v) is 6.11. The lowest BCUT2D eigenvalue weighted by Gasteiger charge is -2.14. The number of nitrogens with zero attached hydrogens (tertiary/aromatic N) is 2. The van der Waals surface area contributed by atoms with Crippen LogP contribution >= 0.6 is 0 Å². The Morgan fingerprint density at radius 2 is 1.44 bits per heavy atom. The molecule has 7 heteroatoms. The first-order chi connectivity index (χ1) is 17.4. The average molecular weight is 483 g/mol. The van der Waals surface area contributed by atoms with Crippen LogP contribution in [-0.2, 0) is 13.0 Å². The van der Waals surface area contributed by atoms with Gasteiger partial charge in [-0.2, -0.15) is 0 Å². The van der Waals surface area contributed by atoms with Crippen molar-refractivity contribution in [1.29, 1.82) is 0 Å². The number of carboxylic acid groups (broad SMARTS) is 2. The molecule has 0 radical (unpaired) electrons. The highest BCUT2D eigenvalue weighted by Gasteiger charge is 2.17. The molecule has 4 aromatic rings. The molecule has 0 atom stereocenters. The zero-order valence-corrected chi connectivity index (χ0v) is 19.8. The minimum Gasteiger partial charge on any atom is -0.478 e. The quantitative estimate of drug-likeness (QED) is 0.332. The first kappa shape index (κ1) is 24.6. The van der Waals surface area contributed by atoms with Crippen LogP contribution in [0.25, 0.3) is 22.3 Å². The minimum absolute atomic E-state index is 0.0828. The number of aromatic carboxylic acids is 2. The van der Waals surface area contributed by atoms with Gasteiger partial charge in [0, 0.05) is 0 Å². The standard InChI is InChI=1S/C29H26N2O5/c1-2-3-12-25-26(20-15-13-19(14-16-20)22-9-6-7-11-24(22)29(35)36)27(32)31(18-30-25)17-21-8-4-5-10-23(21)28(33)34/h4-11,13-16,18H,2-3,12,17H2,1H3,(H,33,34)(H,35,36). The molecule has 1 aromatic heterocycles. The summed E-state index contributed by atoms with van der Waals surface area (Å²) in [7, 11) is 0. The molecule has 2 N–H and O–H groups in total. The maximum Gasteiger partial charge on any atom is 0.336 e. The molecule has 1 heterocycles. The molecule has 0 fully saturated rings. The van der Waals surface area contributed by atoms with Gasteiger partial charge in [0.1, 0.15) is 0 Å². The highest BCUT2D eigenvalue weighted by Crippen LogP contribution is 2.28. The highest BCUT2D eigenvalue weighted by atomic mass is 16.4. The first-order valence-corrected chi connectivity index (χ1v) is 11.7. The first-order valence-electron chi connectivity index (χ1n) is 11.7.